The summed E-state index contributed by atoms with van der Waals surface area (Å²) in [6, 6.07) is 9.42. The van der Waals surface area contributed by atoms with Crippen molar-refractivity contribution < 1.29 is 23.8 Å². The zero-order valence-corrected chi connectivity index (χ0v) is 17.0. The number of methoxy groups -OCH3 is 1. The molecule has 9 heteroatoms. The molecule has 2 aliphatic heterocycles. The van der Waals surface area contributed by atoms with E-state index >= 15 is 0 Å². The molecule has 1 amide bonds. The molecule has 1 aromatic heterocycles. The monoisotopic (exact) mass is 450 g/mol. The number of nitrogens with zero attached hydrogens (tertiary/aromatic N) is 2. The van der Waals surface area contributed by atoms with Gasteiger partial charge in [-0.05, 0) is 21.5 Å². The van der Waals surface area contributed by atoms with E-state index in [9.17, 15) is 9.59 Å². The molecule has 1 unspecified atom stereocenters. The number of hydrogen-bond donors (Lipinski definition) is 0. The van der Waals surface area contributed by atoms with Gasteiger partial charge in [0.25, 0.3) is 0 Å². The van der Waals surface area contributed by atoms with E-state index in [0.717, 1.165) is 10.6 Å². The first-order valence-electron chi connectivity index (χ1n) is 8.64. The maximum Gasteiger partial charge on any atom is 0.300 e. The normalized spacial score (nSPS) is 20.0. The van der Waals surface area contributed by atoms with Gasteiger partial charge in [-0.3, -0.25) is 14.4 Å². The van der Waals surface area contributed by atoms with Crippen LogP contribution in [0.1, 0.15) is 16.1 Å². The quantitative estimate of drug-likeness (QED) is 0.691. The Kier molecular flexibility index (Phi) is 5.00. The molecule has 0 N–H and O–H groups in total. The molecule has 0 radical (unpaired) electrons. The van der Waals surface area contributed by atoms with Crippen molar-refractivity contribution in [3.8, 4) is 5.75 Å². The van der Waals surface area contributed by atoms with Gasteiger partial charge >= 0.3 is 5.91 Å². The highest BCUT2D eigenvalue weighted by molar-refractivity contribution is 9.10. The Morgan fingerprint density at radius 1 is 1.21 bits per heavy atom. The fourth-order valence-corrected chi connectivity index (χ4v) is 4.00. The van der Waals surface area contributed by atoms with Crippen LogP contribution in [0.15, 0.2) is 45.8 Å². The number of pyridine rings is 1. The van der Waals surface area contributed by atoms with E-state index < -0.39 is 23.1 Å². The van der Waals surface area contributed by atoms with E-state index in [1.807, 2.05) is 30.3 Å². The standard InChI is InChI=1S/C19H19BrN2O6/c1-25-18-19(10-27-11-19)21-8-13(20)15(23)16(14(21)17(24)22(18)26-2)28-9-12-6-4-3-5-7-12/h3-8,18H,9-11H2,1-2H3. The predicted octanol–water partition coefficient (Wildman–Crippen LogP) is 1.91. The lowest BCUT2D eigenvalue weighted by Crippen LogP contribution is -2.70. The molecule has 1 fully saturated rings. The molecule has 2 aliphatic rings. The number of fused-ring (bicyclic) bond motifs is 2. The number of aromatic nitrogens is 1. The molecule has 0 bridgehead atoms. The van der Waals surface area contributed by atoms with Crippen LogP contribution in [-0.4, -0.2) is 49.2 Å². The fourth-order valence-electron chi connectivity index (χ4n) is 3.61. The van der Waals surface area contributed by atoms with Gasteiger partial charge in [0.1, 0.15) is 12.1 Å². The van der Waals surface area contributed by atoms with E-state index in [-0.39, 0.29) is 18.1 Å². The Balaban J connectivity index is 1.85. The van der Waals surface area contributed by atoms with Crippen LogP contribution in [-0.2, 0) is 26.5 Å². The van der Waals surface area contributed by atoms with Crippen molar-refractivity contribution in [3.63, 3.8) is 0 Å². The number of ether oxygens (including phenoxy) is 3. The highest BCUT2D eigenvalue weighted by Crippen LogP contribution is 2.41. The van der Waals surface area contributed by atoms with Crippen LogP contribution >= 0.6 is 15.9 Å². The van der Waals surface area contributed by atoms with Crippen molar-refractivity contribution in [1.82, 2.24) is 9.63 Å². The minimum Gasteiger partial charge on any atom is -0.483 e. The third-order valence-corrected chi connectivity index (χ3v) is 5.59. The Labute approximate surface area is 169 Å². The Morgan fingerprint density at radius 2 is 1.93 bits per heavy atom. The van der Waals surface area contributed by atoms with Gasteiger partial charge in [-0.25, -0.2) is 0 Å². The van der Waals surface area contributed by atoms with Crippen molar-refractivity contribution in [1.29, 1.82) is 0 Å². The molecule has 0 aliphatic carbocycles. The summed E-state index contributed by atoms with van der Waals surface area (Å²) in [5.41, 5.74) is -0.126. The van der Waals surface area contributed by atoms with Crippen LogP contribution < -0.4 is 10.2 Å². The third kappa shape index (κ3) is 2.77. The first-order chi connectivity index (χ1) is 13.5. The lowest BCUT2D eigenvalue weighted by molar-refractivity contribution is -0.283. The number of halogens is 1. The molecule has 4 rings (SSSR count). The molecule has 1 atom stereocenters. The second-order valence-electron chi connectivity index (χ2n) is 6.63. The molecular formula is C19H19BrN2O6. The molecule has 1 spiro atoms. The van der Waals surface area contributed by atoms with Crippen LogP contribution in [0.5, 0.6) is 5.75 Å². The fraction of sp³-hybridized carbons (Fsp3) is 0.368. The van der Waals surface area contributed by atoms with Gasteiger partial charge in [0.05, 0.1) is 24.8 Å². The highest BCUT2D eigenvalue weighted by Gasteiger charge is 2.57. The zero-order chi connectivity index (χ0) is 19.9. The summed E-state index contributed by atoms with van der Waals surface area (Å²) in [5.74, 6) is -0.550. The summed E-state index contributed by atoms with van der Waals surface area (Å²) < 4.78 is 18.9. The summed E-state index contributed by atoms with van der Waals surface area (Å²) in [6.07, 6.45) is 0.884. The number of rotatable bonds is 5. The third-order valence-electron chi connectivity index (χ3n) is 5.03. The maximum absolute atomic E-state index is 13.2. The van der Waals surface area contributed by atoms with E-state index in [2.05, 4.69) is 15.9 Å². The predicted molar refractivity (Wildman–Crippen MR) is 102 cm³/mol. The summed E-state index contributed by atoms with van der Waals surface area (Å²) in [5, 5.41) is 1.13. The maximum atomic E-state index is 13.2. The van der Waals surface area contributed by atoms with Crippen LogP contribution in [0.3, 0.4) is 0 Å². The number of amides is 1. The molecule has 3 heterocycles. The second kappa shape index (κ2) is 7.32. The lowest BCUT2D eigenvalue weighted by Gasteiger charge is -2.53. The Hall–Kier alpha value is -2.20. The van der Waals surface area contributed by atoms with Crippen LogP contribution in [0, 0.1) is 0 Å². The van der Waals surface area contributed by atoms with Crippen molar-refractivity contribution >= 4 is 21.8 Å². The molecule has 2 aromatic rings. The summed E-state index contributed by atoms with van der Waals surface area (Å²) >= 11 is 3.30. The average molecular weight is 451 g/mol. The topological polar surface area (TPSA) is 79.2 Å². The summed E-state index contributed by atoms with van der Waals surface area (Å²) in [7, 11) is 2.88. The molecule has 8 nitrogen and oxygen atoms in total. The van der Waals surface area contributed by atoms with Crippen LogP contribution in [0.2, 0.25) is 0 Å². The van der Waals surface area contributed by atoms with Crippen LogP contribution in [0.4, 0.5) is 0 Å². The Bertz CT molecular complexity index is 957. The SMILES string of the molecule is COC1N(OC)C(=O)c2c(OCc3ccccc3)c(=O)c(Br)cn2C12COC2. The number of carbonyl (C=O) groups is 1. The first kappa shape index (κ1) is 19.1. The minimum absolute atomic E-state index is 0.0360. The lowest BCUT2D eigenvalue weighted by atomic mass is 9.90. The van der Waals surface area contributed by atoms with E-state index in [1.165, 1.54) is 14.2 Å². The first-order valence-corrected chi connectivity index (χ1v) is 9.43. The van der Waals surface area contributed by atoms with E-state index in [0.29, 0.717) is 17.7 Å². The van der Waals surface area contributed by atoms with Gasteiger partial charge in [-0.15, -0.1) is 0 Å². The van der Waals surface area contributed by atoms with Gasteiger partial charge in [0.15, 0.2) is 17.7 Å². The van der Waals surface area contributed by atoms with Crippen molar-refractivity contribution in [3.05, 3.63) is 62.5 Å². The van der Waals surface area contributed by atoms with Crippen molar-refractivity contribution in [2.45, 2.75) is 18.4 Å². The summed E-state index contributed by atoms with van der Waals surface area (Å²) in [4.78, 5) is 31.3. The number of hydroxylamine groups is 2. The van der Waals surface area contributed by atoms with Crippen LogP contribution in [0.25, 0.3) is 0 Å². The molecular weight excluding hydrogens is 432 g/mol. The van der Waals surface area contributed by atoms with Gasteiger partial charge in [-0.1, -0.05) is 30.3 Å². The highest BCUT2D eigenvalue weighted by atomic mass is 79.9. The largest absolute Gasteiger partial charge is 0.483 e. The van der Waals surface area contributed by atoms with Gasteiger partial charge in [-0.2, -0.15) is 5.06 Å². The van der Waals surface area contributed by atoms with Gasteiger partial charge < -0.3 is 18.8 Å². The molecule has 0 saturated carbocycles. The van der Waals surface area contributed by atoms with Gasteiger partial charge in [0.2, 0.25) is 5.43 Å². The molecule has 1 saturated heterocycles. The van der Waals surface area contributed by atoms with E-state index in [1.54, 1.807) is 10.8 Å². The number of carbonyl (C=O) groups excluding carboxylic acids is 1. The minimum atomic E-state index is -0.713. The molecule has 28 heavy (non-hydrogen) atoms. The second-order valence-corrected chi connectivity index (χ2v) is 7.48. The smallest absolute Gasteiger partial charge is 0.300 e. The van der Waals surface area contributed by atoms with Crippen molar-refractivity contribution in [2.24, 2.45) is 0 Å². The summed E-state index contributed by atoms with van der Waals surface area (Å²) in [6.45, 7) is 0.759. The zero-order valence-electron chi connectivity index (χ0n) is 15.4. The molecule has 148 valence electrons. The van der Waals surface area contributed by atoms with Gasteiger partial charge in [0, 0.05) is 13.3 Å². The van der Waals surface area contributed by atoms with E-state index in [4.69, 9.17) is 19.0 Å². The number of hydrogen-bond acceptors (Lipinski definition) is 6. The van der Waals surface area contributed by atoms with Crippen molar-refractivity contribution in [2.75, 3.05) is 27.4 Å². The Morgan fingerprint density at radius 3 is 2.50 bits per heavy atom. The molecule has 1 aromatic carbocycles. The number of benzene rings is 1. The average Bonchev–Trinajstić information content (AvgIpc) is 2.67.